The number of carbonyl (C=O) groups excluding carboxylic acids is 1. The zero-order chi connectivity index (χ0) is 23.6. The van der Waals surface area contributed by atoms with Crippen LogP contribution in [0.4, 0.5) is 23.1 Å². The summed E-state index contributed by atoms with van der Waals surface area (Å²) in [5.41, 5.74) is 2.68. The molecule has 3 heterocycles. The van der Waals surface area contributed by atoms with Crippen molar-refractivity contribution in [3.63, 3.8) is 0 Å². The Labute approximate surface area is 191 Å². The number of aromatic nitrogens is 4. The maximum Gasteiger partial charge on any atom is 0.233 e. The second-order valence-corrected chi connectivity index (χ2v) is 9.50. The molecule has 4 aromatic rings. The molecule has 170 valence electrons. The molecule has 0 bridgehead atoms. The van der Waals surface area contributed by atoms with Crippen molar-refractivity contribution < 1.29 is 13.2 Å². The summed E-state index contributed by atoms with van der Waals surface area (Å²) in [5.74, 6) is 0.541. The molecule has 2 N–H and O–H groups in total. The number of hydrogen-bond acceptors (Lipinski definition) is 7. The molecule has 3 aromatic heterocycles. The average molecular weight is 466 g/mol. The first-order valence-corrected chi connectivity index (χ1v) is 11.9. The van der Waals surface area contributed by atoms with E-state index < -0.39 is 10.0 Å². The first-order valence-electron chi connectivity index (χ1n) is 10.1. The van der Waals surface area contributed by atoms with Gasteiger partial charge in [0.25, 0.3) is 0 Å². The number of fused-ring (bicyclic) bond motifs is 1. The fourth-order valence-electron chi connectivity index (χ4n) is 3.35. The molecule has 0 radical (unpaired) electrons. The molecule has 4 rings (SSSR count). The number of hydrogen-bond donors (Lipinski definition) is 2. The van der Waals surface area contributed by atoms with Crippen LogP contribution in [0.15, 0.2) is 61.1 Å². The normalized spacial score (nSPS) is 11.4. The zero-order valence-electron chi connectivity index (χ0n) is 18.3. The summed E-state index contributed by atoms with van der Waals surface area (Å²) in [5, 5.41) is 6.76. The van der Waals surface area contributed by atoms with E-state index in [0.717, 1.165) is 21.5 Å². The highest BCUT2D eigenvalue weighted by molar-refractivity contribution is 7.92. The number of nitrogens with one attached hydrogen (secondary N) is 2. The lowest BCUT2D eigenvalue weighted by Crippen LogP contribution is -2.27. The van der Waals surface area contributed by atoms with E-state index in [2.05, 4.69) is 25.6 Å². The molecular weight excluding hydrogens is 442 g/mol. The van der Waals surface area contributed by atoms with Gasteiger partial charge in [-0.25, -0.2) is 18.4 Å². The van der Waals surface area contributed by atoms with E-state index in [1.54, 1.807) is 24.5 Å². The van der Waals surface area contributed by atoms with Crippen molar-refractivity contribution in [2.45, 2.75) is 13.5 Å². The Morgan fingerprint density at radius 3 is 2.58 bits per heavy atom. The summed E-state index contributed by atoms with van der Waals surface area (Å²) in [6, 6.07) is 12.8. The number of para-hydroxylation sites is 2. The molecule has 0 saturated heterocycles. The SMILES string of the molecule is CC(=O)Nc1ccccc1Nc1ncc2ccn(Cc3cccnc3N(C)S(C)(=O)=O)c2n1. The van der Waals surface area contributed by atoms with Crippen LogP contribution in [-0.4, -0.2) is 47.1 Å². The highest BCUT2D eigenvalue weighted by atomic mass is 32.2. The van der Waals surface area contributed by atoms with E-state index in [0.29, 0.717) is 35.3 Å². The number of rotatable bonds is 7. The molecule has 0 aliphatic rings. The number of benzene rings is 1. The molecule has 33 heavy (non-hydrogen) atoms. The monoisotopic (exact) mass is 465 g/mol. The molecule has 0 atom stereocenters. The van der Waals surface area contributed by atoms with Crippen molar-refractivity contribution in [1.29, 1.82) is 0 Å². The van der Waals surface area contributed by atoms with E-state index in [-0.39, 0.29) is 5.91 Å². The Bertz CT molecular complexity index is 1430. The third-order valence-electron chi connectivity index (χ3n) is 4.99. The summed E-state index contributed by atoms with van der Waals surface area (Å²) >= 11 is 0. The fraction of sp³-hybridized carbons (Fsp3) is 0.182. The summed E-state index contributed by atoms with van der Waals surface area (Å²) in [6.45, 7) is 1.81. The molecular formula is C22H23N7O3S. The van der Waals surface area contributed by atoms with Gasteiger partial charge < -0.3 is 15.2 Å². The van der Waals surface area contributed by atoms with Crippen LogP contribution in [0.5, 0.6) is 0 Å². The van der Waals surface area contributed by atoms with Gasteiger partial charge in [-0.3, -0.25) is 9.10 Å². The van der Waals surface area contributed by atoms with Gasteiger partial charge in [-0.1, -0.05) is 18.2 Å². The Hall–Kier alpha value is -3.99. The minimum absolute atomic E-state index is 0.180. The quantitative estimate of drug-likeness (QED) is 0.430. The lowest BCUT2D eigenvalue weighted by atomic mass is 10.2. The van der Waals surface area contributed by atoms with Gasteiger partial charge in [-0.05, 0) is 24.3 Å². The minimum Gasteiger partial charge on any atom is -0.328 e. The van der Waals surface area contributed by atoms with Gasteiger partial charge in [0.05, 0.1) is 24.2 Å². The van der Waals surface area contributed by atoms with Crippen LogP contribution >= 0.6 is 0 Å². The number of amides is 1. The maximum absolute atomic E-state index is 12.0. The first kappa shape index (κ1) is 22.2. The summed E-state index contributed by atoms with van der Waals surface area (Å²) in [4.78, 5) is 24.8. The fourth-order valence-corrected chi connectivity index (χ4v) is 3.83. The number of anilines is 4. The van der Waals surface area contributed by atoms with E-state index in [1.807, 2.05) is 41.1 Å². The third kappa shape index (κ3) is 4.93. The third-order valence-corrected chi connectivity index (χ3v) is 6.16. The number of carbonyl (C=O) groups is 1. The summed E-state index contributed by atoms with van der Waals surface area (Å²) < 4.78 is 27.1. The highest BCUT2D eigenvalue weighted by Crippen LogP contribution is 2.26. The molecule has 1 aromatic carbocycles. The first-order chi connectivity index (χ1) is 15.7. The van der Waals surface area contributed by atoms with Gasteiger partial charge in [0.15, 0.2) is 0 Å². The summed E-state index contributed by atoms with van der Waals surface area (Å²) in [7, 11) is -1.98. The van der Waals surface area contributed by atoms with Crippen molar-refractivity contribution in [1.82, 2.24) is 19.5 Å². The van der Waals surface area contributed by atoms with Gasteiger partial charge in [0, 0.05) is 43.5 Å². The minimum atomic E-state index is -3.46. The van der Waals surface area contributed by atoms with Crippen molar-refractivity contribution in [3.8, 4) is 0 Å². The molecule has 1 amide bonds. The lowest BCUT2D eigenvalue weighted by molar-refractivity contribution is -0.114. The molecule has 0 aliphatic carbocycles. The van der Waals surface area contributed by atoms with Gasteiger partial charge in [0.2, 0.25) is 21.9 Å². The number of pyridine rings is 1. The standard InChI is InChI=1S/C22H23N7O3S/c1-15(30)25-18-8-4-5-9-19(18)26-22-24-13-16-10-12-29(21(16)27-22)14-17-7-6-11-23-20(17)28(2)33(3,31)32/h4-13H,14H2,1-3H3,(H,25,30)(H,24,26,27). The largest absolute Gasteiger partial charge is 0.328 e. The molecule has 0 saturated carbocycles. The summed E-state index contributed by atoms with van der Waals surface area (Å²) in [6.07, 6.45) is 6.27. The van der Waals surface area contributed by atoms with E-state index in [4.69, 9.17) is 0 Å². The van der Waals surface area contributed by atoms with Crippen LogP contribution in [0.2, 0.25) is 0 Å². The van der Waals surface area contributed by atoms with Gasteiger partial charge in [-0.2, -0.15) is 4.98 Å². The van der Waals surface area contributed by atoms with Crippen LogP contribution in [0, 0.1) is 0 Å². The van der Waals surface area contributed by atoms with Crippen LogP contribution in [-0.2, 0) is 21.4 Å². The molecule has 0 aliphatic heterocycles. The Balaban J connectivity index is 1.67. The van der Waals surface area contributed by atoms with Crippen molar-refractivity contribution in [2.24, 2.45) is 0 Å². The second-order valence-electron chi connectivity index (χ2n) is 7.48. The molecule has 0 fully saturated rings. The predicted octanol–water partition coefficient (Wildman–Crippen LogP) is 2.97. The van der Waals surface area contributed by atoms with E-state index >= 15 is 0 Å². The predicted molar refractivity (Wildman–Crippen MR) is 128 cm³/mol. The van der Waals surface area contributed by atoms with Crippen LogP contribution in [0.3, 0.4) is 0 Å². The average Bonchev–Trinajstić information content (AvgIpc) is 3.16. The maximum atomic E-state index is 12.0. The van der Waals surface area contributed by atoms with Crippen LogP contribution in [0.1, 0.15) is 12.5 Å². The second kappa shape index (κ2) is 8.87. The van der Waals surface area contributed by atoms with Gasteiger partial charge in [0.1, 0.15) is 11.5 Å². The number of sulfonamides is 1. The molecule has 10 nitrogen and oxygen atoms in total. The van der Waals surface area contributed by atoms with Crippen LogP contribution < -0.4 is 14.9 Å². The van der Waals surface area contributed by atoms with E-state index in [1.165, 1.54) is 14.0 Å². The van der Waals surface area contributed by atoms with Gasteiger partial charge >= 0.3 is 0 Å². The van der Waals surface area contributed by atoms with E-state index in [9.17, 15) is 13.2 Å². The van der Waals surface area contributed by atoms with Crippen LogP contribution in [0.25, 0.3) is 11.0 Å². The van der Waals surface area contributed by atoms with Crippen molar-refractivity contribution in [3.05, 3.63) is 66.6 Å². The smallest absolute Gasteiger partial charge is 0.233 e. The Morgan fingerprint density at radius 2 is 1.85 bits per heavy atom. The van der Waals surface area contributed by atoms with Crippen molar-refractivity contribution in [2.75, 3.05) is 28.2 Å². The Kier molecular flexibility index (Phi) is 5.97. The van der Waals surface area contributed by atoms with Gasteiger partial charge in [-0.15, -0.1) is 0 Å². The zero-order valence-corrected chi connectivity index (χ0v) is 19.2. The Morgan fingerprint density at radius 1 is 1.09 bits per heavy atom. The molecule has 0 spiro atoms. The lowest BCUT2D eigenvalue weighted by Gasteiger charge is -2.19. The molecule has 11 heteroatoms. The number of nitrogens with zero attached hydrogens (tertiary/aromatic N) is 5. The molecule has 0 unspecified atom stereocenters. The highest BCUT2D eigenvalue weighted by Gasteiger charge is 2.18. The topological polar surface area (TPSA) is 122 Å². The van der Waals surface area contributed by atoms with Crippen molar-refractivity contribution >= 4 is 50.1 Å².